The Morgan fingerprint density at radius 1 is 1.32 bits per heavy atom. The van der Waals surface area contributed by atoms with Gasteiger partial charge in [-0.3, -0.25) is 0 Å². The Hall–Kier alpha value is -0.570. The van der Waals surface area contributed by atoms with Crippen molar-refractivity contribution in [1.82, 2.24) is 0 Å². The average molecular weight is 326 g/mol. The van der Waals surface area contributed by atoms with Gasteiger partial charge < -0.3 is 5.32 Å². The van der Waals surface area contributed by atoms with Crippen LogP contribution >= 0.6 is 15.9 Å². The van der Waals surface area contributed by atoms with E-state index in [1.54, 1.807) is 6.07 Å². The highest BCUT2D eigenvalue weighted by Gasteiger charge is 2.59. The summed E-state index contributed by atoms with van der Waals surface area (Å²) >= 11 is 3.42. The fraction of sp³-hybridized carbons (Fsp3) is 0.625. The number of hydrogen-bond acceptors (Lipinski definition) is 1. The maximum absolute atomic E-state index is 14.0. The molecule has 2 aliphatic carbocycles. The number of fused-ring (bicyclic) bond motifs is 2. The van der Waals surface area contributed by atoms with Gasteiger partial charge in [0, 0.05) is 10.5 Å². The van der Waals surface area contributed by atoms with Crippen LogP contribution in [0.15, 0.2) is 22.7 Å². The predicted octanol–water partition coefficient (Wildman–Crippen LogP) is 5.21. The molecule has 0 aliphatic heterocycles. The average Bonchev–Trinajstić information content (AvgIpc) is 2.80. The summed E-state index contributed by atoms with van der Waals surface area (Å²) in [5.41, 5.74) is 1.17. The zero-order chi connectivity index (χ0) is 13.8. The van der Waals surface area contributed by atoms with Crippen LogP contribution in [0.3, 0.4) is 0 Å². The Bertz CT molecular complexity index is 509. The molecular formula is C16H21BrFN. The first-order valence-electron chi connectivity index (χ1n) is 7.04. The second-order valence-electron chi connectivity index (χ2n) is 7.12. The lowest BCUT2D eigenvalue weighted by Gasteiger charge is -2.43. The number of hydrogen-bond donors (Lipinski definition) is 1. The molecule has 104 valence electrons. The van der Waals surface area contributed by atoms with Gasteiger partial charge in [-0.05, 0) is 54.2 Å². The van der Waals surface area contributed by atoms with Crippen LogP contribution in [-0.4, -0.2) is 6.04 Å². The molecule has 2 aliphatic rings. The summed E-state index contributed by atoms with van der Waals surface area (Å²) in [5.74, 6) is 0.607. The van der Waals surface area contributed by atoms with E-state index in [4.69, 9.17) is 0 Å². The Morgan fingerprint density at radius 3 is 2.68 bits per heavy atom. The fourth-order valence-electron chi connectivity index (χ4n) is 4.43. The van der Waals surface area contributed by atoms with Crippen molar-refractivity contribution in [2.75, 3.05) is 5.32 Å². The van der Waals surface area contributed by atoms with E-state index < -0.39 is 0 Å². The number of rotatable bonds is 2. The van der Waals surface area contributed by atoms with Gasteiger partial charge in [0.25, 0.3) is 0 Å². The summed E-state index contributed by atoms with van der Waals surface area (Å²) in [5, 5.41) is 3.51. The minimum Gasteiger partial charge on any atom is -0.379 e. The maximum atomic E-state index is 14.0. The molecule has 1 aromatic rings. The molecule has 3 atom stereocenters. The van der Waals surface area contributed by atoms with E-state index in [1.165, 1.54) is 25.3 Å². The minimum atomic E-state index is -0.162. The third kappa shape index (κ3) is 2.01. The molecule has 19 heavy (non-hydrogen) atoms. The third-order valence-electron chi connectivity index (χ3n) is 5.50. The molecule has 0 aromatic heterocycles. The summed E-state index contributed by atoms with van der Waals surface area (Å²) in [4.78, 5) is 0. The van der Waals surface area contributed by atoms with Crippen LogP contribution in [-0.2, 0) is 0 Å². The van der Waals surface area contributed by atoms with Crippen molar-refractivity contribution in [1.29, 1.82) is 0 Å². The highest BCUT2D eigenvalue weighted by atomic mass is 79.9. The Balaban J connectivity index is 1.92. The van der Waals surface area contributed by atoms with Crippen LogP contribution in [0, 0.1) is 22.6 Å². The van der Waals surface area contributed by atoms with Crippen molar-refractivity contribution in [3.63, 3.8) is 0 Å². The topological polar surface area (TPSA) is 12.0 Å². The second kappa shape index (κ2) is 4.21. The van der Waals surface area contributed by atoms with Crippen LogP contribution in [0.1, 0.15) is 40.0 Å². The second-order valence-corrected chi connectivity index (χ2v) is 8.03. The van der Waals surface area contributed by atoms with Crippen LogP contribution < -0.4 is 5.32 Å². The van der Waals surface area contributed by atoms with Gasteiger partial charge >= 0.3 is 0 Å². The van der Waals surface area contributed by atoms with Crippen molar-refractivity contribution < 1.29 is 4.39 Å². The van der Waals surface area contributed by atoms with E-state index >= 15 is 0 Å². The van der Waals surface area contributed by atoms with Gasteiger partial charge in [-0.25, -0.2) is 4.39 Å². The molecule has 3 rings (SSSR count). The summed E-state index contributed by atoms with van der Waals surface area (Å²) in [6.45, 7) is 7.01. The van der Waals surface area contributed by atoms with E-state index in [0.29, 0.717) is 17.1 Å². The third-order valence-corrected chi connectivity index (χ3v) is 5.99. The summed E-state index contributed by atoms with van der Waals surface area (Å²) in [6, 6.07) is 5.46. The van der Waals surface area contributed by atoms with Crippen molar-refractivity contribution in [2.24, 2.45) is 16.7 Å². The predicted molar refractivity (Wildman–Crippen MR) is 80.7 cm³/mol. The molecule has 3 heteroatoms. The van der Waals surface area contributed by atoms with Gasteiger partial charge in [-0.1, -0.05) is 36.7 Å². The first-order valence-corrected chi connectivity index (χ1v) is 7.84. The highest BCUT2D eigenvalue weighted by molar-refractivity contribution is 9.10. The quantitative estimate of drug-likeness (QED) is 0.786. The zero-order valence-corrected chi connectivity index (χ0v) is 13.3. The molecule has 2 fully saturated rings. The summed E-state index contributed by atoms with van der Waals surface area (Å²) in [6.07, 6.45) is 3.85. The summed E-state index contributed by atoms with van der Waals surface area (Å²) < 4.78 is 14.9. The SMILES string of the molecule is CC1(C)C(Nc2cc(Br)ccc2F)[C@]2(C)CC[C@H]1C2. The van der Waals surface area contributed by atoms with E-state index in [2.05, 4.69) is 42.0 Å². The Labute approximate surface area is 123 Å². The maximum Gasteiger partial charge on any atom is 0.146 e. The molecule has 0 amide bonds. The molecular weight excluding hydrogens is 305 g/mol. The number of benzene rings is 1. The lowest BCUT2D eigenvalue weighted by atomic mass is 9.68. The van der Waals surface area contributed by atoms with Crippen LogP contribution in [0.25, 0.3) is 0 Å². The molecule has 0 radical (unpaired) electrons. The number of anilines is 1. The molecule has 2 saturated carbocycles. The van der Waals surface area contributed by atoms with E-state index in [9.17, 15) is 4.39 Å². The van der Waals surface area contributed by atoms with E-state index in [0.717, 1.165) is 10.4 Å². The van der Waals surface area contributed by atoms with Crippen LogP contribution in [0.4, 0.5) is 10.1 Å². The van der Waals surface area contributed by atoms with Crippen molar-refractivity contribution in [3.8, 4) is 0 Å². The normalized spacial score (nSPS) is 35.6. The van der Waals surface area contributed by atoms with E-state index in [-0.39, 0.29) is 11.2 Å². The largest absolute Gasteiger partial charge is 0.379 e. The minimum absolute atomic E-state index is 0.162. The fourth-order valence-corrected chi connectivity index (χ4v) is 4.79. The monoisotopic (exact) mass is 325 g/mol. The lowest BCUT2D eigenvalue weighted by molar-refractivity contribution is 0.155. The van der Waals surface area contributed by atoms with Crippen molar-refractivity contribution in [2.45, 2.75) is 46.1 Å². The molecule has 0 heterocycles. The first kappa shape index (κ1) is 13.4. The number of halogens is 2. The molecule has 0 saturated heterocycles. The molecule has 1 nitrogen and oxygen atoms in total. The zero-order valence-electron chi connectivity index (χ0n) is 11.8. The Morgan fingerprint density at radius 2 is 2.05 bits per heavy atom. The lowest BCUT2D eigenvalue weighted by Crippen LogP contribution is -2.45. The molecule has 0 spiro atoms. The van der Waals surface area contributed by atoms with Crippen LogP contribution in [0.2, 0.25) is 0 Å². The molecule has 2 bridgehead atoms. The van der Waals surface area contributed by atoms with Crippen LogP contribution in [0.5, 0.6) is 0 Å². The summed E-state index contributed by atoms with van der Waals surface area (Å²) in [7, 11) is 0. The Kier molecular flexibility index (Phi) is 2.97. The van der Waals surface area contributed by atoms with Gasteiger partial charge in [-0.2, -0.15) is 0 Å². The van der Waals surface area contributed by atoms with Gasteiger partial charge in [-0.15, -0.1) is 0 Å². The standard InChI is InChI=1S/C16H21BrFN/c1-15(2)10-6-7-16(3,9-10)14(15)19-13-8-11(17)4-5-12(13)18/h4-5,8,10,14,19H,6-7,9H2,1-3H3/t10-,14?,16+/m0/s1. The van der Waals surface area contributed by atoms with Gasteiger partial charge in [0.2, 0.25) is 0 Å². The highest BCUT2D eigenvalue weighted by Crippen LogP contribution is 2.63. The van der Waals surface area contributed by atoms with Gasteiger partial charge in [0.1, 0.15) is 5.82 Å². The molecule has 1 N–H and O–H groups in total. The van der Waals surface area contributed by atoms with Crippen molar-refractivity contribution in [3.05, 3.63) is 28.5 Å². The van der Waals surface area contributed by atoms with Crippen molar-refractivity contribution >= 4 is 21.6 Å². The molecule has 1 unspecified atom stereocenters. The smallest absolute Gasteiger partial charge is 0.146 e. The van der Waals surface area contributed by atoms with E-state index in [1.807, 2.05) is 6.07 Å². The molecule has 1 aromatic carbocycles. The number of nitrogens with one attached hydrogen (secondary N) is 1. The first-order chi connectivity index (χ1) is 8.83. The van der Waals surface area contributed by atoms with Gasteiger partial charge in [0.05, 0.1) is 5.69 Å². The van der Waals surface area contributed by atoms with Gasteiger partial charge in [0.15, 0.2) is 0 Å².